The van der Waals surface area contributed by atoms with Crippen molar-refractivity contribution < 1.29 is 0 Å². The van der Waals surface area contributed by atoms with E-state index < -0.39 is 0 Å². The maximum Gasteiger partial charge on any atom is 0.147 e. The molecule has 0 aliphatic carbocycles. The fraction of sp³-hybridized carbons (Fsp3) is 0.308. The Labute approximate surface area is 127 Å². The summed E-state index contributed by atoms with van der Waals surface area (Å²) in [6.45, 7) is 4.01. The van der Waals surface area contributed by atoms with Crippen LogP contribution in [0.15, 0.2) is 28.4 Å². The van der Waals surface area contributed by atoms with Crippen LogP contribution in [0, 0.1) is 6.92 Å². The van der Waals surface area contributed by atoms with Gasteiger partial charge in [-0.1, -0.05) is 18.5 Å². The molecule has 0 aliphatic heterocycles. The summed E-state index contributed by atoms with van der Waals surface area (Å²) in [6.07, 6.45) is 3.49. The number of hydrazine groups is 1. The SMILES string of the molecule is CCCc1nc(NN)c(C)c(Sc2ncccc2Cl)n1. The molecule has 0 unspecified atom stereocenters. The average molecular weight is 310 g/mol. The number of pyridine rings is 1. The Balaban J connectivity index is 2.39. The second-order valence-electron chi connectivity index (χ2n) is 4.21. The summed E-state index contributed by atoms with van der Waals surface area (Å²) in [7, 11) is 0. The van der Waals surface area contributed by atoms with Gasteiger partial charge in [-0.3, -0.25) is 0 Å². The van der Waals surface area contributed by atoms with Crippen LogP contribution in [0.4, 0.5) is 5.82 Å². The number of aromatic nitrogens is 3. The molecular formula is C13H16ClN5S. The molecule has 106 valence electrons. The lowest BCUT2D eigenvalue weighted by Gasteiger charge is -2.11. The molecule has 5 nitrogen and oxygen atoms in total. The summed E-state index contributed by atoms with van der Waals surface area (Å²) < 4.78 is 0. The fourth-order valence-electron chi connectivity index (χ4n) is 1.65. The quantitative estimate of drug-likeness (QED) is 0.502. The van der Waals surface area contributed by atoms with E-state index in [9.17, 15) is 0 Å². The molecule has 0 fully saturated rings. The Morgan fingerprint density at radius 2 is 2.15 bits per heavy atom. The van der Waals surface area contributed by atoms with Crippen LogP contribution in [0.3, 0.4) is 0 Å². The average Bonchev–Trinajstić information content (AvgIpc) is 2.45. The van der Waals surface area contributed by atoms with Crippen molar-refractivity contribution in [3.05, 3.63) is 34.7 Å². The molecule has 0 spiro atoms. The van der Waals surface area contributed by atoms with Crippen LogP contribution in [-0.4, -0.2) is 15.0 Å². The number of nitrogens with zero attached hydrogens (tertiary/aromatic N) is 3. The van der Waals surface area contributed by atoms with Gasteiger partial charge in [-0.2, -0.15) is 0 Å². The van der Waals surface area contributed by atoms with Crippen LogP contribution in [0.2, 0.25) is 5.02 Å². The molecule has 0 bridgehead atoms. The second-order valence-corrected chi connectivity index (χ2v) is 5.59. The van der Waals surface area contributed by atoms with E-state index in [1.165, 1.54) is 11.8 Å². The van der Waals surface area contributed by atoms with Gasteiger partial charge in [0.1, 0.15) is 21.7 Å². The van der Waals surface area contributed by atoms with Gasteiger partial charge in [0, 0.05) is 18.2 Å². The van der Waals surface area contributed by atoms with Crippen molar-refractivity contribution in [1.82, 2.24) is 15.0 Å². The third-order valence-corrected chi connectivity index (χ3v) is 4.20. The highest BCUT2D eigenvalue weighted by Gasteiger charge is 2.13. The summed E-state index contributed by atoms with van der Waals surface area (Å²) in [6, 6.07) is 3.61. The number of aryl methyl sites for hydroxylation is 1. The maximum atomic E-state index is 6.13. The summed E-state index contributed by atoms with van der Waals surface area (Å²) >= 11 is 7.55. The number of nitrogen functional groups attached to an aromatic ring is 1. The van der Waals surface area contributed by atoms with Crippen molar-refractivity contribution in [1.29, 1.82) is 0 Å². The first-order valence-corrected chi connectivity index (χ1v) is 7.47. The van der Waals surface area contributed by atoms with E-state index >= 15 is 0 Å². The molecule has 0 aliphatic rings. The fourth-order valence-corrected chi connectivity index (χ4v) is 2.75. The number of rotatable bonds is 5. The lowest BCUT2D eigenvalue weighted by molar-refractivity contribution is 0.802. The summed E-state index contributed by atoms with van der Waals surface area (Å²) in [5.41, 5.74) is 3.51. The Bertz CT molecular complexity index is 605. The van der Waals surface area contributed by atoms with Gasteiger partial charge in [0.25, 0.3) is 0 Å². The van der Waals surface area contributed by atoms with Crippen LogP contribution < -0.4 is 11.3 Å². The lowest BCUT2D eigenvalue weighted by Crippen LogP contribution is -2.13. The molecule has 0 radical (unpaired) electrons. The summed E-state index contributed by atoms with van der Waals surface area (Å²) in [4.78, 5) is 13.2. The highest BCUT2D eigenvalue weighted by Crippen LogP contribution is 2.33. The van der Waals surface area contributed by atoms with Gasteiger partial charge in [-0.05, 0) is 37.2 Å². The number of hydrogen-bond acceptors (Lipinski definition) is 6. The Hall–Kier alpha value is -1.37. The lowest BCUT2D eigenvalue weighted by atomic mass is 10.3. The first-order chi connectivity index (χ1) is 9.65. The number of halogens is 1. The molecular weight excluding hydrogens is 294 g/mol. The van der Waals surface area contributed by atoms with Crippen LogP contribution in [-0.2, 0) is 6.42 Å². The monoisotopic (exact) mass is 309 g/mol. The van der Waals surface area contributed by atoms with Crippen LogP contribution in [0.1, 0.15) is 24.7 Å². The molecule has 0 atom stereocenters. The van der Waals surface area contributed by atoms with Crippen LogP contribution in [0.5, 0.6) is 0 Å². The predicted molar refractivity (Wildman–Crippen MR) is 81.9 cm³/mol. The molecule has 0 aromatic carbocycles. The van der Waals surface area contributed by atoms with E-state index in [1.807, 2.05) is 13.0 Å². The van der Waals surface area contributed by atoms with Gasteiger partial charge in [0.05, 0.1) is 5.02 Å². The Morgan fingerprint density at radius 3 is 2.80 bits per heavy atom. The normalized spacial score (nSPS) is 10.6. The summed E-state index contributed by atoms with van der Waals surface area (Å²) in [5, 5.41) is 2.15. The maximum absolute atomic E-state index is 6.13. The standard InChI is InChI=1S/C13H16ClN5S/c1-3-5-10-17-11(19-15)8(2)12(18-10)20-13-9(14)6-4-7-16-13/h4,6-7H,3,5,15H2,1-2H3,(H,17,18,19). The zero-order valence-electron chi connectivity index (χ0n) is 11.4. The van der Waals surface area contributed by atoms with Gasteiger partial charge >= 0.3 is 0 Å². The topological polar surface area (TPSA) is 76.7 Å². The zero-order valence-corrected chi connectivity index (χ0v) is 12.9. The molecule has 2 aromatic heterocycles. The molecule has 20 heavy (non-hydrogen) atoms. The Morgan fingerprint density at radius 1 is 1.35 bits per heavy atom. The van der Waals surface area contributed by atoms with Crippen molar-refractivity contribution in [2.75, 3.05) is 5.43 Å². The largest absolute Gasteiger partial charge is 0.308 e. The number of hydrogen-bond donors (Lipinski definition) is 2. The number of nitrogens with two attached hydrogens (primary N) is 1. The Kier molecular flexibility index (Phi) is 5.17. The minimum Gasteiger partial charge on any atom is -0.308 e. The van der Waals surface area contributed by atoms with Crippen molar-refractivity contribution in [2.24, 2.45) is 5.84 Å². The molecule has 0 saturated carbocycles. The van der Waals surface area contributed by atoms with Crippen molar-refractivity contribution in [3.8, 4) is 0 Å². The van der Waals surface area contributed by atoms with E-state index in [4.69, 9.17) is 17.4 Å². The molecule has 3 N–H and O–H groups in total. The predicted octanol–water partition coefficient (Wildman–Crippen LogP) is 3.22. The highest BCUT2D eigenvalue weighted by molar-refractivity contribution is 7.99. The van der Waals surface area contributed by atoms with E-state index in [2.05, 4.69) is 27.3 Å². The van der Waals surface area contributed by atoms with Gasteiger partial charge in [0.2, 0.25) is 0 Å². The van der Waals surface area contributed by atoms with Gasteiger partial charge in [0.15, 0.2) is 0 Å². The van der Waals surface area contributed by atoms with E-state index in [-0.39, 0.29) is 0 Å². The third-order valence-electron chi connectivity index (χ3n) is 2.68. The minimum absolute atomic E-state index is 0.606. The van der Waals surface area contributed by atoms with Gasteiger partial charge < -0.3 is 5.43 Å². The van der Waals surface area contributed by atoms with Gasteiger partial charge in [-0.25, -0.2) is 20.8 Å². The molecule has 0 saturated heterocycles. The number of nitrogens with one attached hydrogen (secondary N) is 1. The highest BCUT2D eigenvalue weighted by atomic mass is 35.5. The molecule has 0 amide bonds. The van der Waals surface area contributed by atoms with E-state index in [0.29, 0.717) is 10.8 Å². The van der Waals surface area contributed by atoms with Crippen molar-refractivity contribution in [2.45, 2.75) is 36.7 Å². The first-order valence-electron chi connectivity index (χ1n) is 6.28. The van der Waals surface area contributed by atoms with Crippen molar-refractivity contribution in [3.63, 3.8) is 0 Å². The smallest absolute Gasteiger partial charge is 0.147 e. The summed E-state index contributed by atoms with van der Waals surface area (Å²) in [5.74, 6) is 6.92. The molecule has 2 rings (SSSR count). The van der Waals surface area contributed by atoms with Crippen LogP contribution >= 0.6 is 23.4 Å². The van der Waals surface area contributed by atoms with E-state index in [1.54, 1.807) is 12.3 Å². The molecule has 7 heteroatoms. The van der Waals surface area contributed by atoms with Crippen LogP contribution in [0.25, 0.3) is 0 Å². The van der Waals surface area contributed by atoms with E-state index in [0.717, 1.165) is 34.3 Å². The first kappa shape index (κ1) is 15.0. The minimum atomic E-state index is 0.606. The second kappa shape index (κ2) is 6.88. The zero-order chi connectivity index (χ0) is 14.5. The number of anilines is 1. The third kappa shape index (κ3) is 3.39. The van der Waals surface area contributed by atoms with Gasteiger partial charge in [-0.15, -0.1) is 0 Å². The van der Waals surface area contributed by atoms with Crippen molar-refractivity contribution >= 4 is 29.2 Å². The molecule has 2 aromatic rings. The molecule has 2 heterocycles.